The van der Waals surface area contributed by atoms with Crippen molar-refractivity contribution in [2.24, 2.45) is 5.84 Å². The van der Waals surface area contributed by atoms with E-state index < -0.39 is 0 Å². The van der Waals surface area contributed by atoms with Crippen LogP contribution in [0.4, 0.5) is 4.39 Å². The largest absolute Gasteiger partial charge is 0.336 e. The van der Waals surface area contributed by atoms with Gasteiger partial charge in [0.1, 0.15) is 5.82 Å². The molecule has 4 nitrogen and oxygen atoms in total. The standard InChI is InChI=1S/C11H14FN3O/c12-10-3-1-9(2-4-10)11(16)14-5-7-15(13)8-6-14/h1-4H,5-8,13H2. The van der Waals surface area contributed by atoms with Crippen molar-refractivity contribution in [3.63, 3.8) is 0 Å². The van der Waals surface area contributed by atoms with Crippen LogP contribution >= 0.6 is 0 Å². The van der Waals surface area contributed by atoms with Crippen LogP contribution in [-0.2, 0) is 0 Å². The van der Waals surface area contributed by atoms with Crippen LogP contribution in [0.25, 0.3) is 0 Å². The second-order valence-corrected chi connectivity index (χ2v) is 3.84. The van der Waals surface area contributed by atoms with Gasteiger partial charge in [0.2, 0.25) is 0 Å². The van der Waals surface area contributed by atoms with Crippen LogP contribution in [0, 0.1) is 5.82 Å². The normalized spacial score (nSPS) is 17.5. The first-order valence-electron chi connectivity index (χ1n) is 5.21. The fourth-order valence-electron chi connectivity index (χ4n) is 1.70. The van der Waals surface area contributed by atoms with Crippen LogP contribution in [0.15, 0.2) is 24.3 Å². The fraction of sp³-hybridized carbons (Fsp3) is 0.364. The van der Waals surface area contributed by atoms with Gasteiger partial charge in [-0.2, -0.15) is 0 Å². The van der Waals surface area contributed by atoms with Gasteiger partial charge in [-0.05, 0) is 24.3 Å². The van der Waals surface area contributed by atoms with E-state index >= 15 is 0 Å². The summed E-state index contributed by atoms with van der Waals surface area (Å²) in [5.41, 5.74) is 0.520. The second-order valence-electron chi connectivity index (χ2n) is 3.84. The number of nitrogens with two attached hydrogens (primary N) is 1. The zero-order valence-corrected chi connectivity index (χ0v) is 8.90. The Hall–Kier alpha value is -1.46. The molecular formula is C11H14FN3O. The molecule has 1 amide bonds. The lowest BCUT2D eigenvalue weighted by Crippen LogP contribution is -2.51. The molecule has 0 spiro atoms. The predicted molar refractivity (Wildman–Crippen MR) is 58.1 cm³/mol. The van der Waals surface area contributed by atoms with E-state index in [0.29, 0.717) is 31.7 Å². The van der Waals surface area contributed by atoms with Gasteiger partial charge in [0.05, 0.1) is 0 Å². The molecule has 1 aliphatic heterocycles. The Morgan fingerprint density at radius 2 is 1.69 bits per heavy atom. The van der Waals surface area contributed by atoms with E-state index in [1.165, 1.54) is 24.3 Å². The molecule has 86 valence electrons. The van der Waals surface area contributed by atoms with Crippen LogP contribution < -0.4 is 5.84 Å². The van der Waals surface area contributed by atoms with Crippen molar-refractivity contribution in [1.29, 1.82) is 0 Å². The first-order chi connectivity index (χ1) is 7.66. The molecule has 16 heavy (non-hydrogen) atoms. The SMILES string of the molecule is NN1CCN(C(=O)c2ccc(F)cc2)CC1. The number of benzene rings is 1. The van der Waals surface area contributed by atoms with Crippen LogP contribution in [0.2, 0.25) is 0 Å². The molecule has 0 radical (unpaired) electrons. The lowest BCUT2D eigenvalue weighted by Gasteiger charge is -2.32. The first-order valence-corrected chi connectivity index (χ1v) is 5.21. The van der Waals surface area contributed by atoms with Crippen molar-refractivity contribution in [1.82, 2.24) is 9.91 Å². The summed E-state index contributed by atoms with van der Waals surface area (Å²) < 4.78 is 12.7. The number of hydrogen-bond acceptors (Lipinski definition) is 3. The van der Waals surface area contributed by atoms with Gasteiger partial charge < -0.3 is 4.90 Å². The molecule has 2 N–H and O–H groups in total. The van der Waals surface area contributed by atoms with Crippen molar-refractivity contribution in [2.75, 3.05) is 26.2 Å². The summed E-state index contributed by atoms with van der Waals surface area (Å²) >= 11 is 0. The number of piperazine rings is 1. The number of nitrogens with zero attached hydrogens (tertiary/aromatic N) is 2. The maximum absolute atomic E-state index is 12.7. The van der Waals surface area contributed by atoms with E-state index in [4.69, 9.17) is 5.84 Å². The van der Waals surface area contributed by atoms with Crippen molar-refractivity contribution < 1.29 is 9.18 Å². The molecule has 1 fully saturated rings. The van der Waals surface area contributed by atoms with Gasteiger partial charge in [-0.25, -0.2) is 9.40 Å². The van der Waals surface area contributed by atoms with Crippen molar-refractivity contribution in [3.05, 3.63) is 35.6 Å². The zero-order chi connectivity index (χ0) is 11.5. The third-order valence-corrected chi connectivity index (χ3v) is 2.69. The predicted octanol–water partition coefficient (Wildman–Crippen LogP) is 0.457. The molecule has 0 unspecified atom stereocenters. The van der Waals surface area contributed by atoms with Crippen molar-refractivity contribution in [2.45, 2.75) is 0 Å². The molecule has 1 heterocycles. The molecule has 1 aliphatic rings. The number of amides is 1. The van der Waals surface area contributed by atoms with Crippen molar-refractivity contribution >= 4 is 5.91 Å². The monoisotopic (exact) mass is 223 g/mol. The lowest BCUT2D eigenvalue weighted by molar-refractivity contribution is 0.0638. The van der Waals surface area contributed by atoms with Crippen LogP contribution in [-0.4, -0.2) is 42.0 Å². The highest BCUT2D eigenvalue weighted by Crippen LogP contribution is 2.08. The quantitative estimate of drug-likeness (QED) is 0.703. The molecule has 0 aliphatic carbocycles. The molecule has 2 rings (SSSR count). The highest BCUT2D eigenvalue weighted by molar-refractivity contribution is 5.94. The molecular weight excluding hydrogens is 209 g/mol. The molecule has 1 aromatic carbocycles. The van der Waals surface area contributed by atoms with Crippen LogP contribution in [0.5, 0.6) is 0 Å². The average molecular weight is 223 g/mol. The summed E-state index contributed by atoms with van der Waals surface area (Å²) in [5.74, 6) is 5.21. The molecule has 1 aromatic rings. The van der Waals surface area contributed by atoms with Crippen molar-refractivity contribution in [3.8, 4) is 0 Å². The van der Waals surface area contributed by atoms with Gasteiger partial charge in [-0.1, -0.05) is 0 Å². The van der Waals surface area contributed by atoms with Crippen LogP contribution in [0.3, 0.4) is 0 Å². The maximum atomic E-state index is 12.7. The van der Waals surface area contributed by atoms with E-state index in [-0.39, 0.29) is 11.7 Å². The fourth-order valence-corrected chi connectivity index (χ4v) is 1.70. The maximum Gasteiger partial charge on any atom is 0.253 e. The summed E-state index contributed by atoms with van der Waals surface area (Å²) in [5, 5.41) is 1.69. The molecule has 0 bridgehead atoms. The summed E-state index contributed by atoms with van der Waals surface area (Å²) in [4.78, 5) is 13.7. The average Bonchev–Trinajstić information content (AvgIpc) is 2.30. The van der Waals surface area contributed by atoms with Gasteiger partial charge in [-0.3, -0.25) is 10.6 Å². The van der Waals surface area contributed by atoms with E-state index in [0.717, 1.165) is 0 Å². The highest BCUT2D eigenvalue weighted by Gasteiger charge is 2.20. The Bertz CT molecular complexity index is 371. The number of carbonyl (C=O) groups excluding carboxylic acids is 1. The highest BCUT2D eigenvalue weighted by atomic mass is 19.1. The minimum Gasteiger partial charge on any atom is -0.336 e. The Labute approximate surface area is 93.4 Å². The van der Waals surface area contributed by atoms with E-state index in [1.807, 2.05) is 0 Å². The summed E-state index contributed by atoms with van der Waals surface area (Å²) in [6, 6.07) is 5.61. The van der Waals surface area contributed by atoms with Gasteiger partial charge in [0.15, 0.2) is 0 Å². The third-order valence-electron chi connectivity index (χ3n) is 2.69. The Morgan fingerprint density at radius 1 is 1.12 bits per heavy atom. The van der Waals surface area contributed by atoms with E-state index in [2.05, 4.69) is 0 Å². The lowest BCUT2D eigenvalue weighted by atomic mass is 10.2. The molecule has 0 aromatic heterocycles. The smallest absolute Gasteiger partial charge is 0.253 e. The minimum atomic E-state index is -0.330. The van der Waals surface area contributed by atoms with Gasteiger partial charge in [-0.15, -0.1) is 0 Å². The number of hydrazine groups is 1. The number of hydrogen-bond donors (Lipinski definition) is 1. The van der Waals surface area contributed by atoms with Crippen LogP contribution in [0.1, 0.15) is 10.4 Å². The molecule has 0 atom stereocenters. The summed E-state index contributed by atoms with van der Waals surface area (Å²) in [6.45, 7) is 2.58. The number of halogens is 1. The van der Waals surface area contributed by atoms with Gasteiger partial charge in [0, 0.05) is 31.7 Å². The van der Waals surface area contributed by atoms with Gasteiger partial charge >= 0.3 is 0 Å². The van der Waals surface area contributed by atoms with E-state index in [1.54, 1.807) is 9.91 Å². The Morgan fingerprint density at radius 3 is 2.25 bits per heavy atom. The topological polar surface area (TPSA) is 49.6 Å². The third kappa shape index (κ3) is 2.37. The molecule has 0 saturated carbocycles. The molecule has 1 saturated heterocycles. The first kappa shape index (κ1) is 11.0. The van der Waals surface area contributed by atoms with Gasteiger partial charge in [0.25, 0.3) is 5.91 Å². The molecule has 5 heteroatoms. The Kier molecular flexibility index (Phi) is 3.17. The number of carbonyl (C=O) groups is 1. The number of rotatable bonds is 1. The summed E-state index contributed by atoms with van der Waals surface area (Å²) in [6.07, 6.45) is 0. The Balaban J connectivity index is 2.05. The van der Waals surface area contributed by atoms with E-state index in [9.17, 15) is 9.18 Å². The minimum absolute atomic E-state index is 0.0619. The summed E-state index contributed by atoms with van der Waals surface area (Å²) in [7, 11) is 0. The second kappa shape index (κ2) is 4.59. The zero-order valence-electron chi connectivity index (χ0n) is 8.90.